The van der Waals surface area contributed by atoms with Gasteiger partial charge in [0.15, 0.2) is 0 Å². The topological polar surface area (TPSA) is 30.7 Å². The summed E-state index contributed by atoms with van der Waals surface area (Å²) in [5, 5.41) is 7.46. The van der Waals surface area contributed by atoms with Crippen LogP contribution in [0, 0.1) is 6.92 Å². The Hall–Kier alpha value is -6.06. The van der Waals surface area contributed by atoms with Gasteiger partial charge in [-0.25, -0.2) is 0 Å². The molecule has 216 valence electrons. The number of hydrogen-bond donors (Lipinski definition) is 0. The number of benzene rings is 6. The van der Waals surface area contributed by atoms with Crippen LogP contribution in [0.1, 0.15) is 5.56 Å². The van der Waals surface area contributed by atoms with Gasteiger partial charge in [-0.3, -0.25) is 9.97 Å². The highest BCUT2D eigenvalue weighted by molar-refractivity contribution is 6.19. The van der Waals surface area contributed by atoms with Gasteiger partial charge < -0.3 is 4.57 Å². The molecule has 0 amide bonds. The number of rotatable bonds is 4. The van der Waals surface area contributed by atoms with Crippen LogP contribution in [-0.2, 0) is 0 Å². The van der Waals surface area contributed by atoms with Crippen molar-refractivity contribution in [3.05, 3.63) is 164 Å². The second-order valence-electron chi connectivity index (χ2n) is 12.0. The summed E-state index contributed by atoms with van der Waals surface area (Å²) < 4.78 is 2.43. The zero-order chi connectivity index (χ0) is 30.6. The summed E-state index contributed by atoms with van der Waals surface area (Å²) in [7, 11) is 0. The van der Waals surface area contributed by atoms with E-state index in [1.165, 1.54) is 60.0 Å². The van der Waals surface area contributed by atoms with Crippen LogP contribution in [0.2, 0.25) is 0 Å². The molecular formula is C43H29N3. The molecule has 0 radical (unpaired) electrons. The minimum Gasteiger partial charge on any atom is -0.309 e. The second kappa shape index (κ2) is 10.5. The molecule has 3 nitrogen and oxygen atoms in total. The van der Waals surface area contributed by atoms with E-state index in [1.54, 1.807) is 0 Å². The molecule has 0 saturated carbocycles. The van der Waals surface area contributed by atoms with Gasteiger partial charge in [0, 0.05) is 63.3 Å². The Kier molecular flexibility index (Phi) is 6.04. The van der Waals surface area contributed by atoms with E-state index in [4.69, 9.17) is 0 Å². The standard InChI is InChI=1S/C43H29N3/c1-28-20-21-44-27-41(28)34-23-33(25-45-26-34)30-14-18-39-40-19-16-32-22-31(37-13-7-9-29-8-5-6-12-36(29)37)15-17-38(32)43(40)46(42(39)24-30)35-10-3-2-4-11-35/h2-27H,1H3. The van der Waals surface area contributed by atoms with Crippen LogP contribution >= 0.6 is 0 Å². The van der Waals surface area contributed by atoms with Crippen molar-refractivity contribution < 1.29 is 0 Å². The lowest BCUT2D eigenvalue weighted by molar-refractivity contribution is 1.19. The molecule has 0 atom stereocenters. The van der Waals surface area contributed by atoms with Crippen molar-refractivity contribution in [3.8, 4) is 39.1 Å². The molecule has 0 aliphatic rings. The molecule has 3 heterocycles. The largest absolute Gasteiger partial charge is 0.309 e. The Morgan fingerprint density at radius 2 is 1.24 bits per heavy atom. The van der Waals surface area contributed by atoms with Crippen molar-refractivity contribution in [2.75, 3.05) is 0 Å². The van der Waals surface area contributed by atoms with Crippen molar-refractivity contribution >= 4 is 43.4 Å². The number of para-hydroxylation sites is 1. The maximum absolute atomic E-state index is 4.64. The Labute approximate surface area is 267 Å². The molecule has 0 saturated heterocycles. The van der Waals surface area contributed by atoms with Gasteiger partial charge in [0.1, 0.15) is 0 Å². The number of nitrogens with zero attached hydrogens (tertiary/aromatic N) is 3. The van der Waals surface area contributed by atoms with Crippen molar-refractivity contribution in [2.45, 2.75) is 6.92 Å². The summed E-state index contributed by atoms with van der Waals surface area (Å²) in [5.41, 5.74) is 11.6. The first kappa shape index (κ1) is 26.4. The molecule has 0 spiro atoms. The Balaban J connectivity index is 1.27. The third-order valence-electron chi connectivity index (χ3n) is 9.28. The number of hydrogen-bond acceptors (Lipinski definition) is 2. The second-order valence-corrected chi connectivity index (χ2v) is 12.0. The highest BCUT2D eigenvalue weighted by Gasteiger charge is 2.17. The molecule has 6 aromatic carbocycles. The van der Waals surface area contributed by atoms with Crippen LogP contribution in [0.15, 0.2) is 158 Å². The van der Waals surface area contributed by atoms with Crippen LogP contribution in [0.25, 0.3) is 82.4 Å². The van der Waals surface area contributed by atoms with Crippen molar-refractivity contribution in [1.29, 1.82) is 0 Å². The van der Waals surface area contributed by atoms with Crippen molar-refractivity contribution in [3.63, 3.8) is 0 Å². The monoisotopic (exact) mass is 587 g/mol. The smallest absolute Gasteiger partial charge is 0.0619 e. The molecule has 0 bridgehead atoms. The van der Waals surface area contributed by atoms with Crippen molar-refractivity contribution in [1.82, 2.24) is 14.5 Å². The molecule has 0 N–H and O–H groups in total. The van der Waals surface area contributed by atoms with E-state index in [0.717, 1.165) is 27.9 Å². The summed E-state index contributed by atoms with van der Waals surface area (Å²) in [6.07, 6.45) is 7.63. The van der Waals surface area contributed by atoms with Gasteiger partial charge in [-0.05, 0) is 81.7 Å². The lowest BCUT2D eigenvalue weighted by Crippen LogP contribution is -1.94. The van der Waals surface area contributed by atoms with Crippen LogP contribution in [0.4, 0.5) is 0 Å². The van der Waals surface area contributed by atoms with E-state index in [9.17, 15) is 0 Å². The number of aromatic nitrogens is 3. The predicted octanol–water partition coefficient (Wildman–Crippen LogP) is 11.2. The van der Waals surface area contributed by atoms with E-state index in [0.29, 0.717) is 0 Å². The fraction of sp³-hybridized carbons (Fsp3) is 0.0233. The summed E-state index contributed by atoms with van der Waals surface area (Å²) >= 11 is 0. The summed E-state index contributed by atoms with van der Waals surface area (Å²) in [6, 6.07) is 48.4. The zero-order valence-corrected chi connectivity index (χ0v) is 25.4. The van der Waals surface area contributed by atoms with Gasteiger partial charge in [-0.15, -0.1) is 0 Å². The molecule has 0 aliphatic carbocycles. The third kappa shape index (κ3) is 4.21. The molecule has 9 rings (SSSR count). The summed E-state index contributed by atoms with van der Waals surface area (Å²) in [4.78, 5) is 9.00. The lowest BCUT2D eigenvalue weighted by atomic mass is 9.95. The van der Waals surface area contributed by atoms with E-state index < -0.39 is 0 Å². The maximum Gasteiger partial charge on any atom is 0.0619 e. The zero-order valence-electron chi connectivity index (χ0n) is 25.4. The van der Waals surface area contributed by atoms with Crippen LogP contribution in [0.3, 0.4) is 0 Å². The maximum atomic E-state index is 4.64. The van der Waals surface area contributed by atoms with E-state index in [1.807, 2.05) is 30.9 Å². The van der Waals surface area contributed by atoms with Gasteiger partial charge in [0.05, 0.1) is 11.0 Å². The first-order valence-electron chi connectivity index (χ1n) is 15.6. The molecule has 0 fully saturated rings. The van der Waals surface area contributed by atoms with Gasteiger partial charge in [-0.2, -0.15) is 0 Å². The predicted molar refractivity (Wildman–Crippen MR) is 192 cm³/mol. The van der Waals surface area contributed by atoms with E-state index in [-0.39, 0.29) is 0 Å². The van der Waals surface area contributed by atoms with Gasteiger partial charge in [0.25, 0.3) is 0 Å². The average molecular weight is 588 g/mol. The first-order chi connectivity index (χ1) is 22.7. The van der Waals surface area contributed by atoms with Gasteiger partial charge in [0.2, 0.25) is 0 Å². The first-order valence-corrected chi connectivity index (χ1v) is 15.6. The molecule has 3 heteroatoms. The molecule has 3 aromatic heterocycles. The fourth-order valence-electron chi connectivity index (χ4n) is 7.02. The minimum absolute atomic E-state index is 1.07. The highest BCUT2D eigenvalue weighted by Crippen LogP contribution is 2.40. The minimum atomic E-state index is 1.07. The summed E-state index contributed by atoms with van der Waals surface area (Å²) in [6.45, 7) is 2.11. The average Bonchev–Trinajstić information content (AvgIpc) is 3.46. The Bertz CT molecular complexity index is 2590. The molecule has 0 aliphatic heterocycles. The molecule has 9 aromatic rings. The normalized spacial score (nSPS) is 11.6. The van der Waals surface area contributed by atoms with E-state index in [2.05, 4.69) is 149 Å². The third-order valence-corrected chi connectivity index (χ3v) is 9.28. The lowest BCUT2D eigenvalue weighted by Gasteiger charge is -2.12. The SMILES string of the molecule is Cc1ccncc1-c1cncc(-c2ccc3c4ccc5cc(-c6cccc7ccccc67)ccc5c4n(-c4ccccc4)c3c2)c1. The van der Waals surface area contributed by atoms with Gasteiger partial charge in [-0.1, -0.05) is 97.1 Å². The molecular weight excluding hydrogens is 558 g/mol. The van der Waals surface area contributed by atoms with E-state index >= 15 is 0 Å². The van der Waals surface area contributed by atoms with Crippen molar-refractivity contribution in [2.24, 2.45) is 0 Å². The fourth-order valence-corrected chi connectivity index (χ4v) is 7.02. The van der Waals surface area contributed by atoms with Crippen LogP contribution in [0.5, 0.6) is 0 Å². The number of pyridine rings is 2. The van der Waals surface area contributed by atoms with Crippen LogP contribution in [-0.4, -0.2) is 14.5 Å². The summed E-state index contributed by atoms with van der Waals surface area (Å²) in [5.74, 6) is 0. The number of aryl methyl sites for hydroxylation is 1. The number of fused-ring (bicyclic) bond motifs is 6. The molecule has 0 unspecified atom stereocenters. The van der Waals surface area contributed by atoms with Gasteiger partial charge >= 0.3 is 0 Å². The Morgan fingerprint density at radius 3 is 2.15 bits per heavy atom. The highest BCUT2D eigenvalue weighted by atomic mass is 15.0. The van der Waals surface area contributed by atoms with Crippen LogP contribution < -0.4 is 0 Å². The Morgan fingerprint density at radius 1 is 0.457 bits per heavy atom. The quantitative estimate of drug-likeness (QED) is 0.205. The molecule has 46 heavy (non-hydrogen) atoms.